The zero-order valence-corrected chi connectivity index (χ0v) is 10.7. The van der Waals surface area contributed by atoms with E-state index in [1.54, 1.807) is 18.2 Å². The standard InChI is InChI=1S/C13H17N3O3/c17-13(15-7-3-4-8-15)10-14-9-11-5-1-2-6-12(11)16(18)19/h1-2,5-6,14H,3-4,7-10H2. The molecule has 0 atom stereocenters. The monoisotopic (exact) mass is 263 g/mol. The van der Waals surface area contributed by atoms with Crippen molar-refractivity contribution in [3.63, 3.8) is 0 Å². The number of nitrogens with one attached hydrogen (secondary N) is 1. The smallest absolute Gasteiger partial charge is 0.273 e. The molecule has 1 aromatic rings. The molecule has 0 spiro atoms. The van der Waals surface area contributed by atoms with E-state index in [0.717, 1.165) is 25.9 Å². The van der Waals surface area contributed by atoms with Gasteiger partial charge in [0, 0.05) is 31.3 Å². The summed E-state index contributed by atoms with van der Waals surface area (Å²) < 4.78 is 0. The minimum atomic E-state index is -0.403. The molecule has 1 aliphatic heterocycles. The van der Waals surface area contributed by atoms with Gasteiger partial charge in [-0.2, -0.15) is 0 Å². The molecule has 19 heavy (non-hydrogen) atoms. The van der Waals surface area contributed by atoms with Gasteiger partial charge in [-0.25, -0.2) is 0 Å². The summed E-state index contributed by atoms with van der Waals surface area (Å²) in [7, 11) is 0. The Morgan fingerprint density at radius 3 is 2.68 bits per heavy atom. The Balaban J connectivity index is 1.85. The van der Waals surface area contributed by atoms with Crippen molar-refractivity contribution in [1.82, 2.24) is 10.2 Å². The van der Waals surface area contributed by atoms with Gasteiger partial charge in [0.25, 0.3) is 5.69 Å². The molecule has 1 N–H and O–H groups in total. The molecule has 0 aromatic heterocycles. The van der Waals surface area contributed by atoms with E-state index in [9.17, 15) is 14.9 Å². The number of nitro benzene ring substituents is 1. The maximum Gasteiger partial charge on any atom is 0.273 e. The molecular weight excluding hydrogens is 246 g/mol. The number of likely N-dealkylation sites (tertiary alicyclic amines) is 1. The Morgan fingerprint density at radius 1 is 1.32 bits per heavy atom. The van der Waals surface area contributed by atoms with Crippen LogP contribution in [0.2, 0.25) is 0 Å². The Hall–Kier alpha value is -1.95. The summed E-state index contributed by atoms with van der Waals surface area (Å²) in [6, 6.07) is 6.56. The maximum absolute atomic E-state index is 11.8. The lowest BCUT2D eigenvalue weighted by Crippen LogP contribution is -2.36. The molecule has 1 heterocycles. The first-order valence-electron chi connectivity index (χ1n) is 6.39. The summed E-state index contributed by atoms with van der Waals surface area (Å²) in [5.41, 5.74) is 0.686. The third kappa shape index (κ3) is 3.51. The van der Waals surface area contributed by atoms with Crippen LogP contribution in [0.5, 0.6) is 0 Å². The molecule has 1 amide bonds. The summed E-state index contributed by atoms with van der Waals surface area (Å²) in [6.45, 7) is 2.21. The summed E-state index contributed by atoms with van der Waals surface area (Å²) >= 11 is 0. The summed E-state index contributed by atoms with van der Waals surface area (Å²) in [6.07, 6.45) is 2.13. The van der Waals surface area contributed by atoms with Crippen LogP contribution in [0.3, 0.4) is 0 Å². The molecule has 0 saturated carbocycles. The summed E-state index contributed by atoms with van der Waals surface area (Å²) in [5, 5.41) is 13.8. The van der Waals surface area contributed by atoms with Crippen LogP contribution >= 0.6 is 0 Å². The number of carbonyl (C=O) groups is 1. The van der Waals surface area contributed by atoms with Crippen molar-refractivity contribution in [3.05, 3.63) is 39.9 Å². The van der Waals surface area contributed by atoms with Crippen LogP contribution in [0.4, 0.5) is 5.69 Å². The van der Waals surface area contributed by atoms with Gasteiger partial charge in [0.15, 0.2) is 0 Å². The van der Waals surface area contributed by atoms with Crippen molar-refractivity contribution in [3.8, 4) is 0 Å². The SMILES string of the molecule is O=C(CNCc1ccccc1[N+](=O)[O-])N1CCCC1. The predicted molar refractivity (Wildman–Crippen MR) is 70.6 cm³/mol. The van der Waals surface area contributed by atoms with Crippen LogP contribution < -0.4 is 5.32 Å². The minimum Gasteiger partial charge on any atom is -0.342 e. The molecule has 0 unspecified atom stereocenters. The van der Waals surface area contributed by atoms with Crippen molar-refractivity contribution >= 4 is 11.6 Å². The third-order valence-electron chi connectivity index (χ3n) is 3.24. The molecule has 0 bridgehead atoms. The van der Waals surface area contributed by atoms with Crippen LogP contribution in [0.1, 0.15) is 18.4 Å². The van der Waals surface area contributed by atoms with Crippen LogP contribution in [-0.4, -0.2) is 35.4 Å². The van der Waals surface area contributed by atoms with Crippen LogP contribution in [0.15, 0.2) is 24.3 Å². The number of rotatable bonds is 5. The van der Waals surface area contributed by atoms with Crippen molar-refractivity contribution in [2.45, 2.75) is 19.4 Å². The second kappa shape index (κ2) is 6.29. The van der Waals surface area contributed by atoms with Gasteiger partial charge < -0.3 is 10.2 Å². The van der Waals surface area contributed by atoms with E-state index in [1.807, 2.05) is 4.90 Å². The molecule has 1 aliphatic rings. The highest BCUT2D eigenvalue weighted by molar-refractivity contribution is 5.78. The Kier molecular flexibility index (Phi) is 4.46. The highest BCUT2D eigenvalue weighted by Crippen LogP contribution is 2.17. The Labute approximate surface area is 111 Å². The number of benzene rings is 1. The number of para-hydroxylation sites is 1. The predicted octanol–water partition coefficient (Wildman–Crippen LogP) is 1.31. The molecule has 6 heteroatoms. The molecule has 1 saturated heterocycles. The average molecular weight is 263 g/mol. The minimum absolute atomic E-state index is 0.0658. The summed E-state index contributed by atoms with van der Waals surface area (Å²) in [4.78, 5) is 24.0. The molecule has 102 valence electrons. The largest absolute Gasteiger partial charge is 0.342 e. The highest BCUT2D eigenvalue weighted by Gasteiger charge is 2.18. The number of hydrogen-bond acceptors (Lipinski definition) is 4. The second-order valence-electron chi connectivity index (χ2n) is 4.58. The molecule has 0 aliphatic carbocycles. The first-order chi connectivity index (χ1) is 9.18. The van der Waals surface area contributed by atoms with Crippen molar-refractivity contribution in [2.75, 3.05) is 19.6 Å². The molecule has 6 nitrogen and oxygen atoms in total. The fourth-order valence-electron chi connectivity index (χ4n) is 2.22. The van der Waals surface area contributed by atoms with E-state index in [1.165, 1.54) is 6.07 Å². The molecule has 1 fully saturated rings. The number of nitro groups is 1. The molecule has 1 aromatic carbocycles. The van der Waals surface area contributed by atoms with Gasteiger partial charge in [-0.3, -0.25) is 14.9 Å². The van der Waals surface area contributed by atoms with E-state index in [-0.39, 0.29) is 18.1 Å². The van der Waals surface area contributed by atoms with E-state index < -0.39 is 4.92 Å². The topological polar surface area (TPSA) is 75.5 Å². The third-order valence-corrected chi connectivity index (χ3v) is 3.24. The Morgan fingerprint density at radius 2 is 2.00 bits per heavy atom. The lowest BCUT2D eigenvalue weighted by Gasteiger charge is -2.15. The van der Waals surface area contributed by atoms with E-state index in [0.29, 0.717) is 12.1 Å². The number of nitrogens with zero attached hydrogens (tertiary/aromatic N) is 2. The van der Waals surface area contributed by atoms with Gasteiger partial charge in [-0.1, -0.05) is 18.2 Å². The fourth-order valence-corrected chi connectivity index (χ4v) is 2.22. The normalized spacial score (nSPS) is 14.6. The average Bonchev–Trinajstić information content (AvgIpc) is 2.93. The van der Waals surface area contributed by atoms with Gasteiger partial charge in [0.1, 0.15) is 0 Å². The lowest BCUT2D eigenvalue weighted by atomic mass is 10.2. The number of hydrogen-bond donors (Lipinski definition) is 1. The zero-order chi connectivity index (χ0) is 13.7. The number of carbonyl (C=O) groups excluding carboxylic acids is 1. The van der Waals surface area contributed by atoms with Crippen LogP contribution in [-0.2, 0) is 11.3 Å². The number of amides is 1. The van der Waals surface area contributed by atoms with Crippen molar-refractivity contribution < 1.29 is 9.72 Å². The molecule has 0 radical (unpaired) electrons. The van der Waals surface area contributed by atoms with Crippen molar-refractivity contribution in [1.29, 1.82) is 0 Å². The van der Waals surface area contributed by atoms with Gasteiger partial charge >= 0.3 is 0 Å². The van der Waals surface area contributed by atoms with E-state index in [2.05, 4.69) is 5.32 Å². The summed E-state index contributed by atoms with van der Waals surface area (Å²) in [5.74, 6) is 0.0658. The van der Waals surface area contributed by atoms with E-state index >= 15 is 0 Å². The molecular formula is C13H17N3O3. The van der Waals surface area contributed by atoms with E-state index in [4.69, 9.17) is 0 Å². The zero-order valence-electron chi connectivity index (χ0n) is 10.7. The highest BCUT2D eigenvalue weighted by atomic mass is 16.6. The van der Waals surface area contributed by atoms with Crippen LogP contribution in [0, 0.1) is 10.1 Å². The first kappa shape index (κ1) is 13.5. The van der Waals surface area contributed by atoms with Gasteiger partial charge in [0.2, 0.25) is 5.91 Å². The maximum atomic E-state index is 11.8. The lowest BCUT2D eigenvalue weighted by molar-refractivity contribution is -0.385. The van der Waals surface area contributed by atoms with Gasteiger partial charge in [-0.15, -0.1) is 0 Å². The van der Waals surface area contributed by atoms with Crippen molar-refractivity contribution in [2.24, 2.45) is 0 Å². The molecule has 2 rings (SSSR count). The first-order valence-corrected chi connectivity index (χ1v) is 6.39. The Bertz CT molecular complexity index is 470. The van der Waals surface area contributed by atoms with Gasteiger partial charge in [-0.05, 0) is 12.8 Å². The quantitative estimate of drug-likeness (QED) is 0.642. The van der Waals surface area contributed by atoms with Crippen LogP contribution in [0.25, 0.3) is 0 Å². The fraction of sp³-hybridized carbons (Fsp3) is 0.462. The van der Waals surface area contributed by atoms with Gasteiger partial charge in [0.05, 0.1) is 11.5 Å². The second-order valence-corrected chi connectivity index (χ2v) is 4.58.